The summed E-state index contributed by atoms with van der Waals surface area (Å²) in [5.41, 5.74) is 2.62. The third kappa shape index (κ3) is 5.75. The number of hydrogen-bond donors (Lipinski definition) is 2. The van der Waals surface area contributed by atoms with E-state index >= 15 is 0 Å². The number of piperazine rings is 1. The number of urea groups is 1. The molecule has 0 aromatic heterocycles. The highest BCUT2D eigenvalue weighted by Crippen LogP contribution is 2.39. The van der Waals surface area contributed by atoms with Gasteiger partial charge in [-0.2, -0.15) is 0 Å². The Labute approximate surface area is 217 Å². The first-order valence-electron chi connectivity index (χ1n) is 12.3. The van der Waals surface area contributed by atoms with Gasteiger partial charge in [0.15, 0.2) is 11.5 Å². The van der Waals surface area contributed by atoms with Crippen LogP contribution >= 0.6 is 0 Å². The molecule has 198 valence electrons. The summed E-state index contributed by atoms with van der Waals surface area (Å²) in [5, 5.41) is 5.73. The van der Waals surface area contributed by atoms with Crippen molar-refractivity contribution in [2.45, 2.75) is 13.0 Å². The Balaban J connectivity index is 1.59. The van der Waals surface area contributed by atoms with Crippen LogP contribution in [-0.2, 0) is 9.53 Å². The Morgan fingerprint density at radius 1 is 0.973 bits per heavy atom. The fourth-order valence-electron chi connectivity index (χ4n) is 4.75. The maximum absolute atomic E-state index is 13.2. The van der Waals surface area contributed by atoms with Crippen molar-refractivity contribution in [2.75, 3.05) is 65.6 Å². The second kappa shape index (κ2) is 11.9. The maximum Gasteiger partial charge on any atom is 0.338 e. The molecule has 2 heterocycles. The van der Waals surface area contributed by atoms with Gasteiger partial charge < -0.3 is 34.5 Å². The predicted octanol–water partition coefficient (Wildman–Crippen LogP) is 2.71. The fourth-order valence-corrected chi connectivity index (χ4v) is 4.75. The first-order chi connectivity index (χ1) is 18.0. The van der Waals surface area contributed by atoms with Crippen LogP contribution in [0.15, 0.2) is 53.7 Å². The van der Waals surface area contributed by atoms with Crippen LogP contribution in [-0.4, -0.2) is 77.6 Å². The Hall–Kier alpha value is -3.92. The van der Waals surface area contributed by atoms with Crippen molar-refractivity contribution >= 4 is 17.7 Å². The van der Waals surface area contributed by atoms with Crippen LogP contribution < -0.4 is 29.7 Å². The highest BCUT2D eigenvalue weighted by Gasteiger charge is 2.36. The van der Waals surface area contributed by atoms with Gasteiger partial charge in [0.1, 0.15) is 5.75 Å². The van der Waals surface area contributed by atoms with Crippen molar-refractivity contribution in [3.05, 3.63) is 59.3 Å². The number of amides is 2. The number of ether oxygens (including phenoxy) is 4. The molecule has 1 saturated heterocycles. The molecule has 1 fully saturated rings. The van der Waals surface area contributed by atoms with Crippen LogP contribution in [0.5, 0.6) is 17.2 Å². The third-order valence-electron chi connectivity index (χ3n) is 6.58. The molecule has 2 aromatic carbocycles. The summed E-state index contributed by atoms with van der Waals surface area (Å²) in [7, 11) is 4.73. The first-order valence-corrected chi connectivity index (χ1v) is 12.3. The Morgan fingerprint density at radius 3 is 2.32 bits per heavy atom. The number of rotatable bonds is 9. The van der Waals surface area contributed by atoms with Crippen LogP contribution in [0.1, 0.15) is 18.5 Å². The summed E-state index contributed by atoms with van der Waals surface area (Å²) < 4.78 is 21.7. The lowest BCUT2D eigenvalue weighted by Gasteiger charge is -2.38. The molecule has 0 radical (unpaired) electrons. The monoisotopic (exact) mass is 510 g/mol. The smallest absolute Gasteiger partial charge is 0.338 e. The van der Waals surface area contributed by atoms with Crippen LogP contribution in [0, 0.1) is 0 Å². The zero-order valence-electron chi connectivity index (χ0n) is 21.7. The molecular weight excluding hydrogens is 476 g/mol. The second-order valence-electron chi connectivity index (χ2n) is 8.69. The van der Waals surface area contributed by atoms with Gasteiger partial charge in [-0.3, -0.25) is 4.90 Å². The minimum absolute atomic E-state index is 0.214. The number of benzene rings is 2. The summed E-state index contributed by atoms with van der Waals surface area (Å²) in [6.07, 6.45) is 0. The molecule has 2 amide bonds. The van der Waals surface area contributed by atoms with Crippen LogP contribution in [0.25, 0.3) is 0 Å². The summed E-state index contributed by atoms with van der Waals surface area (Å²) in [6, 6.07) is 12.2. The average Bonchev–Trinajstić information content (AvgIpc) is 2.92. The van der Waals surface area contributed by atoms with Gasteiger partial charge in [-0.25, -0.2) is 9.59 Å². The summed E-state index contributed by atoms with van der Waals surface area (Å²) >= 11 is 0. The lowest BCUT2D eigenvalue weighted by Crippen LogP contribution is -2.51. The number of anilines is 1. The van der Waals surface area contributed by atoms with E-state index in [2.05, 4.69) is 32.6 Å². The van der Waals surface area contributed by atoms with E-state index in [9.17, 15) is 9.59 Å². The Bertz CT molecular complexity index is 1140. The SMILES string of the molecule is CCOC(=O)C1=C(CN2CCN(c3ccc(OC)cc3)CC2)NC(=O)N[C@@H]1c1cccc(OC)c1OC. The zero-order valence-corrected chi connectivity index (χ0v) is 21.7. The van der Waals surface area contributed by atoms with E-state index in [1.54, 1.807) is 33.3 Å². The molecule has 10 heteroatoms. The van der Waals surface area contributed by atoms with Crippen molar-refractivity contribution in [3.8, 4) is 17.2 Å². The maximum atomic E-state index is 13.2. The van der Waals surface area contributed by atoms with Crippen molar-refractivity contribution < 1.29 is 28.5 Å². The fraction of sp³-hybridized carbons (Fsp3) is 0.407. The van der Waals surface area contributed by atoms with Gasteiger partial charge in [-0.1, -0.05) is 12.1 Å². The molecule has 0 unspecified atom stereocenters. The standard InChI is InChI=1S/C27H34N4O6/c1-5-37-26(32)23-21(17-30-13-15-31(16-14-30)18-9-11-19(34-2)12-10-18)28-27(33)29-24(23)20-7-6-8-22(35-3)25(20)36-4/h6-12,24H,5,13-17H2,1-4H3,(H2,28,29,33)/t24-/m1/s1. The second-order valence-corrected chi connectivity index (χ2v) is 8.69. The molecule has 0 bridgehead atoms. The highest BCUT2D eigenvalue weighted by molar-refractivity contribution is 5.95. The van der Waals surface area contributed by atoms with Crippen LogP contribution in [0.3, 0.4) is 0 Å². The van der Waals surface area contributed by atoms with Crippen molar-refractivity contribution in [3.63, 3.8) is 0 Å². The van der Waals surface area contributed by atoms with E-state index in [0.29, 0.717) is 34.9 Å². The molecule has 0 aliphatic carbocycles. The molecule has 2 aromatic rings. The van der Waals surface area contributed by atoms with E-state index in [0.717, 1.165) is 37.6 Å². The number of nitrogens with zero attached hydrogens (tertiary/aromatic N) is 2. The summed E-state index contributed by atoms with van der Waals surface area (Å²) in [6.45, 7) is 5.53. The number of carbonyl (C=O) groups is 2. The summed E-state index contributed by atoms with van der Waals surface area (Å²) in [4.78, 5) is 30.5. The number of hydrogen-bond acceptors (Lipinski definition) is 8. The van der Waals surface area contributed by atoms with Gasteiger partial charge in [-0.15, -0.1) is 0 Å². The van der Waals surface area contributed by atoms with E-state index in [-0.39, 0.29) is 6.61 Å². The predicted molar refractivity (Wildman–Crippen MR) is 139 cm³/mol. The van der Waals surface area contributed by atoms with Crippen LogP contribution in [0.2, 0.25) is 0 Å². The molecule has 2 aliphatic heterocycles. The van der Waals surface area contributed by atoms with E-state index in [4.69, 9.17) is 18.9 Å². The zero-order chi connectivity index (χ0) is 26.4. The number of para-hydroxylation sites is 1. The minimum Gasteiger partial charge on any atom is -0.497 e. The quantitative estimate of drug-likeness (QED) is 0.497. The van der Waals surface area contributed by atoms with E-state index in [1.165, 1.54) is 7.11 Å². The topological polar surface area (TPSA) is 102 Å². The van der Waals surface area contributed by atoms with Crippen molar-refractivity contribution in [1.29, 1.82) is 0 Å². The lowest BCUT2D eigenvalue weighted by atomic mass is 9.93. The van der Waals surface area contributed by atoms with Gasteiger partial charge in [0.25, 0.3) is 0 Å². The number of methoxy groups -OCH3 is 3. The normalized spacial score (nSPS) is 18.1. The van der Waals surface area contributed by atoms with Gasteiger partial charge in [0.05, 0.1) is 39.6 Å². The molecule has 4 rings (SSSR count). The van der Waals surface area contributed by atoms with Gasteiger partial charge in [0.2, 0.25) is 0 Å². The molecule has 1 atom stereocenters. The van der Waals surface area contributed by atoms with Crippen LogP contribution in [0.4, 0.5) is 10.5 Å². The van der Waals surface area contributed by atoms with Crippen molar-refractivity contribution in [2.24, 2.45) is 0 Å². The lowest BCUT2D eigenvalue weighted by molar-refractivity contribution is -0.139. The Morgan fingerprint density at radius 2 is 1.70 bits per heavy atom. The van der Waals surface area contributed by atoms with Gasteiger partial charge in [0, 0.05) is 49.7 Å². The minimum atomic E-state index is -0.756. The molecule has 10 nitrogen and oxygen atoms in total. The third-order valence-corrected chi connectivity index (χ3v) is 6.58. The van der Waals surface area contributed by atoms with E-state index < -0.39 is 18.0 Å². The van der Waals surface area contributed by atoms with Gasteiger partial charge >= 0.3 is 12.0 Å². The summed E-state index contributed by atoms with van der Waals surface area (Å²) in [5.74, 6) is 1.29. The Kier molecular flexibility index (Phi) is 8.39. The highest BCUT2D eigenvalue weighted by atomic mass is 16.5. The molecule has 2 N–H and O–H groups in total. The number of esters is 1. The first kappa shape index (κ1) is 26.2. The molecular formula is C27H34N4O6. The van der Waals surface area contributed by atoms with Crippen molar-refractivity contribution in [1.82, 2.24) is 15.5 Å². The number of carbonyl (C=O) groups excluding carboxylic acids is 2. The average molecular weight is 511 g/mol. The number of nitrogens with one attached hydrogen (secondary N) is 2. The molecule has 37 heavy (non-hydrogen) atoms. The van der Waals surface area contributed by atoms with E-state index in [1.807, 2.05) is 18.2 Å². The molecule has 2 aliphatic rings. The van der Waals surface area contributed by atoms with Gasteiger partial charge in [-0.05, 0) is 37.3 Å². The molecule has 0 spiro atoms. The largest absolute Gasteiger partial charge is 0.497 e. The molecule has 0 saturated carbocycles.